The molecule has 1 N–H and O–H groups in total. The average molecular weight is 456 g/mol. The smallest absolute Gasteiger partial charge is 0.243 e. The molecule has 2 fully saturated rings. The first-order valence-corrected chi connectivity index (χ1v) is 12.6. The van der Waals surface area contributed by atoms with Crippen LogP contribution in [0, 0.1) is 5.92 Å². The molecule has 2 aliphatic rings. The summed E-state index contributed by atoms with van der Waals surface area (Å²) in [5.41, 5.74) is 1.73. The lowest BCUT2D eigenvalue weighted by molar-refractivity contribution is -0.126. The summed E-state index contributed by atoms with van der Waals surface area (Å²) in [5.74, 6) is -0.439. The number of benzene rings is 2. The molecular weight excluding hydrogens is 426 g/mol. The van der Waals surface area contributed by atoms with Crippen molar-refractivity contribution in [1.82, 2.24) is 9.62 Å². The summed E-state index contributed by atoms with van der Waals surface area (Å²) in [4.78, 5) is 26.6. The maximum absolute atomic E-state index is 13.2. The monoisotopic (exact) mass is 455 g/mol. The van der Waals surface area contributed by atoms with Crippen LogP contribution in [0.1, 0.15) is 44.2 Å². The van der Waals surface area contributed by atoms with Gasteiger partial charge in [-0.3, -0.25) is 9.59 Å². The quantitative estimate of drug-likeness (QED) is 0.725. The molecule has 2 aromatic carbocycles. The minimum absolute atomic E-state index is 0.0650. The van der Waals surface area contributed by atoms with E-state index in [1.807, 2.05) is 37.3 Å². The molecular formula is C24H29N3O4S. The fourth-order valence-electron chi connectivity index (χ4n) is 4.40. The SMILES string of the molecule is C[C@@H](NC(=O)[C@@H]1CCCN(S(=O)(=O)c2ccc(N3CCCC3=O)cc2)C1)c1ccccc1. The molecule has 0 radical (unpaired) electrons. The average Bonchev–Trinajstić information content (AvgIpc) is 3.25. The van der Waals surface area contributed by atoms with E-state index in [9.17, 15) is 18.0 Å². The van der Waals surface area contributed by atoms with Gasteiger partial charge in [0, 0.05) is 31.7 Å². The Bertz CT molecular complexity index is 1070. The maximum atomic E-state index is 13.2. The Morgan fingerprint density at radius 2 is 1.75 bits per heavy atom. The Labute approximate surface area is 189 Å². The molecule has 32 heavy (non-hydrogen) atoms. The molecule has 2 saturated heterocycles. The van der Waals surface area contributed by atoms with Crippen LogP contribution in [0.5, 0.6) is 0 Å². The third kappa shape index (κ3) is 4.71. The number of nitrogens with one attached hydrogen (secondary N) is 1. The predicted octanol–water partition coefficient (Wildman–Crippen LogP) is 3.09. The summed E-state index contributed by atoms with van der Waals surface area (Å²) in [7, 11) is -3.71. The molecule has 2 aliphatic heterocycles. The fourth-order valence-corrected chi connectivity index (χ4v) is 5.92. The van der Waals surface area contributed by atoms with Crippen molar-refractivity contribution in [3.63, 3.8) is 0 Å². The number of carbonyl (C=O) groups excluding carboxylic acids is 2. The molecule has 2 heterocycles. The summed E-state index contributed by atoms with van der Waals surface area (Å²) < 4.78 is 27.8. The van der Waals surface area contributed by atoms with Gasteiger partial charge >= 0.3 is 0 Å². The van der Waals surface area contributed by atoms with Gasteiger partial charge < -0.3 is 10.2 Å². The third-order valence-corrected chi connectivity index (χ3v) is 8.15. The van der Waals surface area contributed by atoms with E-state index in [4.69, 9.17) is 0 Å². The van der Waals surface area contributed by atoms with Gasteiger partial charge in [0.1, 0.15) is 0 Å². The minimum Gasteiger partial charge on any atom is -0.349 e. The second-order valence-electron chi connectivity index (χ2n) is 8.49. The molecule has 0 bridgehead atoms. The zero-order valence-corrected chi connectivity index (χ0v) is 19.1. The minimum atomic E-state index is -3.71. The van der Waals surface area contributed by atoms with Gasteiger partial charge in [-0.2, -0.15) is 4.31 Å². The Balaban J connectivity index is 1.42. The molecule has 2 aromatic rings. The van der Waals surface area contributed by atoms with Gasteiger partial charge in [-0.05, 0) is 56.0 Å². The Kier molecular flexibility index (Phi) is 6.62. The van der Waals surface area contributed by atoms with Crippen LogP contribution in [0.3, 0.4) is 0 Å². The van der Waals surface area contributed by atoms with Gasteiger partial charge in [-0.25, -0.2) is 8.42 Å². The highest BCUT2D eigenvalue weighted by Gasteiger charge is 2.34. The maximum Gasteiger partial charge on any atom is 0.243 e. The molecule has 2 amide bonds. The first-order valence-electron chi connectivity index (χ1n) is 11.1. The molecule has 8 heteroatoms. The van der Waals surface area contributed by atoms with Gasteiger partial charge in [-0.15, -0.1) is 0 Å². The van der Waals surface area contributed by atoms with Crippen LogP contribution in [-0.2, 0) is 19.6 Å². The summed E-state index contributed by atoms with van der Waals surface area (Å²) in [6, 6.07) is 16.0. The molecule has 0 aliphatic carbocycles. The molecule has 0 saturated carbocycles. The van der Waals surface area contributed by atoms with Gasteiger partial charge in [0.05, 0.1) is 16.9 Å². The lowest BCUT2D eigenvalue weighted by Crippen LogP contribution is -2.45. The number of carbonyl (C=O) groups is 2. The van der Waals surface area contributed by atoms with Crippen LogP contribution in [0.25, 0.3) is 0 Å². The van der Waals surface area contributed by atoms with Gasteiger partial charge in [0.2, 0.25) is 21.8 Å². The van der Waals surface area contributed by atoms with Crippen LogP contribution in [-0.4, -0.2) is 44.2 Å². The Hall–Kier alpha value is -2.71. The van der Waals surface area contributed by atoms with Crippen LogP contribution in [0.15, 0.2) is 59.5 Å². The molecule has 7 nitrogen and oxygen atoms in total. The molecule has 0 spiro atoms. The van der Waals surface area contributed by atoms with Crippen LogP contribution in [0.4, 0.5) is 5.69 Å². The Morgan fingerprint density at radius 1 is 1.03 bits per heavy atom. The van der Waals surface area contributed by atoms with E-state index in [0.29, 0.717) is 32.4 Å². The number of hydrogen-bond donors (Lipinski definition) is 1. The van der Waals surface area contributed by atoms with Crippen LogP contribution < -0.4 is 10.2 Å². The second-order valence-corrected chi connectivity index (χ2v) is 10.4. The second kappa shape index (κ2) is 9.42. The molecule has 0 unspecified atom stereocenters. The van der Waals surface area contributed by atoms with Crippen molar-refractivity contribution in [2.24, 2.45) is 5.92 Å². The highest BCUT2D eigenvalue weighted by atomic mass is 32.2. The molecule has 170 valence electrons. The van der Waals surface area contributed by atoms with Crippen molar-refractivity contribution < 1.29 is 18.0 Å². The summed E-state index contributed by atoms with van der Waals surface area (Å²) in [5, 5.41) is 3.02. The molecule has 0 aromatic heterocycles. The van der Waals surface area contributed by atoms with E-state index in [1.165, 1.54) is 4.31 Å². The largest absolute Gasteiger partial charge is 0.349 e. The zero-order valence-electron chi connectivity index (χ0n) is 18.2. The third-order valence-electron chi connectivity index (χ3n) is 6.27. The van der Waals surface area contributed by atoms with E-state index in [2.05, 4.69) is 5.32 Å². The van der Waals surface area contributed by atoms with Gasteiger partial charge in [0.25, 0.3) is 0 Å². The molecule has 2 atom stereocenters. The van der Waals surface area contributed by atoms with Gasteiger partial charge in [-0.1, -0.05) is 30.3 Å². The lowest BCUT2D eigenvalue weighted by Gasteiger charge is -2.32. The number of sulfonamides is 1. The summed E-state index contributed by atoms with van der Waals surface area (Å²) in [6.07, 6.45) is 2.64. The van der Waals surface area contributed by atoms with Crippen molar-refractivity contribution in [2.75, 3.05) is 24.5 Å². The highest BCUT2D eigenvalue weighted by molar-refractivity contribution is 7.89. The van der Waals surface area contributed by atoms with Crippen molar-refractivity contribution >= 4 is 27.5 Å². The predicted molar refractivity (Wildman–Crippen MR) is 123 cm³/mol. The van der Waals surface area contributed by atoms with E-state index in [1.54, 1.807) is 29.2 Å². The summed E-state index contributed by atoms with van der Waals surface area (Å²) >= 11 is 0. The number of rotatable bonds is 6. The molecule has 4 rings (SSSR count). The highest BCUT2D eigenvalue weighted by Crippen LogP contribution is 2.27. The number of amides is 2. The zero-order chi connectivity index (χ0) is 22.7. The Morgan fingerprint density at radius 3 is 2.41 bits per heavy atom. The van der Waals surface area contributed by atoms with Crippen molar-refractivity contribution in [1.29, 1.82) is 0 Å². The lowest BCUT2D eigenvalue weighted by atomic mass is 9.98. The first-order chi connectivity index (χ1) is 15.4. The normalized spacial score (nSPS) is 20.8. The number of nitrogens with zero attached hydrogens (tertiary/aromatic N) is 2. The van der Waals surface area contributed by atoms with E-state index >= 15 is 0 Å². The standard InChI is InChI=1S/C24H29N3O4S/c1-18(19-7-3-2-4-8-19)25-24(29)20-9-5-15-26(17-20)32(30,31)22-13-11-21(12-14-22)27-16-6-10-23(27)28/h2-4,7-8,11-14,18,20H,5-6,9-10,15-17H2,1H3,(H,25,29)/t18-,20-/m1/s1. The van der Waals surface area contributed by atoms with E-state index < -0.39 is 10.0 Å². The number of piperidine rings is 1. The van der Waals surface area contributed by atoms with Crippen molar-refractivity contribution in [3.8, 4) is 0 Å². The first kappa shape index (κ1) is 22.5. The van der Waals surface area contributed by atoms with Crippen LogP contribution in [0.2, 0.25) is 0 Å². The van der Waals surface area contributed by atoms with Crippen molar-refractivity contribution in [3.05, 3.63) is 60.2 Å². The van der Waals surface area contributed by atoms with Crippen molar-refractivity contribution in [2.45, 2.75) is 43.5 Å². The van der Waals surface area contributed by atoms with Crippen LogP contribution >= 0.6 is 0 Å². The van der Waals surface area contributed by atoms with E-state index in [0.717, 1.165) is 17.7 Å². The number of hydrogen-bond acceptors (Lipinski definition) is 4. The van der Waals surface area contributed by atoms with E-state index in [-0.39, 0.29) is 35.2 Å². The number of anilines is 1. The van der Waals surface area contributed by atoms with Gasteiger partial charge in [0.15, 0.2) is 0 Å². The topological polar surface area (TPSA) is 86.8 Å². The fraction of sp³-hybridized carbons (Fsp3) is 0.417. The summed E-state index contributed by atoms with van der Waals surface area (Å²) in [6.45, 7) is 3.15.